The zero-order valence-electron chi connectivity index (χ0n) is 14.3. The van der Waals surface area contributed by atoms with Crippen molar-refractivity contribution in [2.75, 3.05) is 20.2 Å². The van der Waals surface area contributed by atoms with Crippen LogP contribution < -0.4 is 0 Å². The molecule has 0 bridgehead atoms. The molecule has 3 aromatic rings. The number of carbonyl (C=O) groups is 1. The topological polar surface area (TPSA) is 63.1 Å². The summed E-state index contributed by atoms with van der Waals surface area (Å²) in [7, 11) is 1.70. The molecule has 1 N–H and O–H groups in total. The Kier molecular flexibility index (Phi) is 4.28. The Morgan fingerprint density at radius 3 is 3.12 bits per heavy atom. The number of methoxy groups -OCH3 is 1. The van der Waals surface area contributed by atoms with Gasteiger partial charge in [-0.2, -0.15) is 5.10 Å². The predicted molar refractivity (Wildman–Crippen MR) is 95.6 cm³/mol. The van der Waals surface area contributed by atoms with Crippen LogP contribution in [0.5, 0.6) is 0 Å². The number of aromatic amines is 1. The lowest BCUT2D eigenvalue weighted by Crippen LogP contribution is -2.43. The number of ether oxygens (including phenoxy) is 1. The van der Waals surface area contributed by atoms with E-state index in [9.17, 15) is 4.79 Å². The lowest BCUT2D eigenvalue weighted by molar-refractivity contribution is 0.0265. The normalized spacial score (nSPS) is 18.0. The van der Waals surface area contributed by atoms with Gasteiger partial charge in [0, 0.05) is 31.9 Å². The maximum absolute atomic E-state index is 12.7. The van der Waals surface area contributed by atoms with Crippen LogP contribution in [0.4, 0.5) is 0 Å². The molecule has 0 aliphatic carbocycles. The number of H-pyrrole nitrogens is 1. The Morgan fingerprint density at radius 2 is 2.24 bits per heavy atom. The van der Waals surface area contributed by atoms with Crippen molar-refractivity contribution in [2.45, 2.75) is 25.5 Å². The summed E-state index contributed by atoms with van der Waals surface area (Å²) >= 11 is 0. The summed E-state index contributed by atoms with van der Waals surface area (Å²) in [6, 6.07) is 12.2. The van der Waals surface area contributed by atoms with E-state index in [2.05, 4.69) is 39.2 Å². The highest BCUT2D eigenvalue weighted by molar-refractivity contribution is 5.92. The van der Waals surface area contributed by atoms with Crippen molar-refractivity contribution in [2.24, 2.45) is 0 Å². The highest BCUT2D eigenvalue weighted by Crippen LogP contribution is 2.18. The fraction of sp³-hybridized carbons (Fsp3) is 0.368. The summed E-state index contributed by atoms with van der Waals surface area (Å²) in [5.74, 6) is -0.0263. The number of likely N-dealkylation sites (tertiary alicyclic amines) is 1. The second-order valence-corrected chi connectivity index (χ2v) is 6.53. The standard InChI is InChI=1S/C19H22N4O2/c1-25-16-6-4-9-23(13-16)19(24)17-11-15(20-21-17)12-22-10-8-14-5-2-3-7-18(14)22/h2-3,5,7-8,10-11,16H,4,6,9,12-13H2,1H3,(H,20,21). The average Bonchev–Trinajstić information content (AvgIpc) is 3.29. The van der Waals surface area contributed by atoms with E-state index < -0.39 is 0 Å². The van der Waals surface area contributed by atoms with Crippen LogP contribution in [0.25, 0.3) is 10.9 Å². The molecule has 0 saturated carbocycles. The van der Waals surface area contributed by atoms with Crippen LogP contribution in [0.3, 0.4) is 0 Å². The summed E-state index contributed by atoms with van der Waals surface area (Å²) in [6.45, 7) is 2.07. The minimum atomic E-state index is -0.0263. The molecule has 25 heavy (non-hydrogen) atoms. The number of benzene rings is 1. The highest BCUT2D eigenvalue weighted by atomic mass is 16.5. The lowest BCUT2D eigenvalue weighted by Gasteiger charge is -2.31. The summed E-state index contributed by atoms with van der Waals surface area (Å²) < 4.78 is 7.55. The molecule has 4 rings (SSSR count). The smallest absolute Gasteiger partial charge is 0.274 e. The number of rotatable bonds is 4. The zero-order valence-corrected chi connectivity index (χ0v) is 14.3. The number of nitrogens with zero attached hydrogens (tertiary/aromatic N) is 3. The maximum atomic E-state index is 12.7. The Balaban J connectivity index is 1.49. The van der Waals surface area contributed by atoms with Crippen LogP contribution in [0, 0.1) is 0 Å². The summed E-state index contributed by atoms with van der Waals surface area (Å²) in [4.78, 5) is 14.5. The number of piperidine rings is 1. The van der Waals surface area contributed by atoms with Crippen LogP contribution in [-0.4, -0.2) is 51.9 Å². The van der Waals surface area contributed by atoms with Gasteiger partial charge in [-0.05, 0) is 36.4 Å². The number of hydrogen-bond acceptors (Lipinski definition) is 3. The van der Waals surface area contributed by atoms with Gasteiger partial charge in [-0.25, -0.2) is 0 Å². The molecule has 1 fully saturated rings. The van der Waals surface area contributed by atoms with Crippen molar-refractivity contribution >= 4 is 16.8 Å². The van der Waals surface area contributed by atoms with E-state index in [0.29, 0.717) is 18.8 Å². The predicted octanol–water partition coefficient (Wildman–Crippen LogP) is 2.66. The molecule has 0 spiro atoms. The van der Waals surface area contributed by atoms with Gasteiger partial charge in [-0.15, -0.1) is 0 Å². The molecule has 130 valence electrons. The minimum absolute atomic E-state index is 0.0263. The molecule has 0 radical (unpaired) electrons. The van der Waals surface area contributed by atoms with Gasteiger partial charge in [-0.3, -0.25) is 9.89 Å². The molecule has 6 nitrogen and oxygen atoms in total. The van der Waals surface area contributed by atoms with Crippen LogP contribution in [-0.2, 0) is 11.3 Å². The van der Waals surface area contributed by atoms with Gasteiger partial charge >= 0.3 is 0 Å². The summed E-state index contributed by atoms with van der Waals surface area (Å²) in [6.07, 6.45) is 4.16. The first-order chi connectivity index (χ1) is 12.2. The molecule has 1 aliphatic heterocycles. The monoisotopic (exact) mass is 338 g/mol. The molecule has 1 unspecified atom stereocenters. The Morgan fingerprint density at radius 1 is 1.36 bits per heavy atom. The first-order valence-electron chi connectivity index (χ1n) is 8.65. The molecule has 1 saturated heterocycles. The van der Waals surface area contributed by atoms with Crippen LogP contribution >= 0.6 is 0 Å². The Labute approximate surface area is 146 Å². The lowest BCUT2D eigenvalue weighted by atomic mass is 10.1. The first-order valence-corrected chi connectivity index (χ1v) is 8.65. The third-order valence-electron chi connectivity index (χ3n) is 4.87. The van der Waals surface area contributed by atoms with Crippen molar-refractivity contribution in [1.82, 2.24) is 19.7 Å². The van der Waals surface area contributed by atoms with E-state index in [1.807, 2.05) is 23.1 Å². The van der Waals surface area contributed by atoms with Crippen LogP contribution in [0.2, 0.25) is 0 Å². The molecule has 2 aromatic heterocycles. The number of hydrogen-bond donors (Lipinski definition) is 1. The zero-order chi connectivity index (χ0) is 17.2. The van der Waals surface area contributed by atoms with Gasteiger partial charge in [0.25, 0.3) is 5.91 Å². The van der Waals surface area contributed by atoms with Gasteiger partial charge < -0.3 is 14.2 Å². The van der Waals surface area contributed by atoms with E-state index >= 15 is 0 Å². The highest BCUT2D eigenvalue weighted by Gasteiger charge is 2.25. The average molecular weight is 338 g/mol. The van der Waals surface area contributed by atoms with Crippen LogP contribution in [0.1, 0.15) is 29.0 Å². The van der Waals surface area contributed by atoms with E-state index in [-0.39, 0.29) is 12.0 Å². The third kappa shape index (κ3) is 3.17. The van der Waals surface area contributed by atoms with E-state index in [4.69, 9.17) is 4.74 Å². The second-order valence-electron chi connectivity index (χ2n) is 6.53. The molecular formula is C19H22N4O2. The van der Waals surface area contributed by atoms with E-state index in [1.165, 1.54) is 10.9 Å². The molecule has 3 heterocycles. The second kappa shape index (κ2) is 6.72. The number of fused-ring (bicyclic) bond motifs is 1. The SMILES string of the molecule is COC1CCCN(C(=O)c2cc(Cn3ccc4ccccc43)[nH]n2)C1. The number of amides is 1. The van der Waals surface area contributed by atoms with Gasteiger partial charge in [0.1, 0.15) is 5.69 Å². The van der Waals surface area contributed by atoms with E-state index in [0.717, 1.165) is 25.1 Å². The largest absolute Gasteiger partial charge is 0.380 e. The fourth-order valence-corrected chi connectivity index (χ4v) is 3.49. The minimum Gasteiger partial charge on any atom is -0.380 e. The molecule has 1 aromatic carbocycles. The van der Waals surface area contributed by atoms with E-state index in [1.54, 1.807) is 7.11 Å². The number of nitrogens with one attached hydrogen (secondary N) is 1. The third-order valence-corrected chi connectivity index (χ3v) is 4.87. The van der Waals surface area contributed by atoms with Gasteiger partial charge in [0.2, 0.25) is 0 Å². The van der Waals surface area contributed by atoms with Crippen molar-refractivity contribution in [1.29, 1.82) is 0 Å². The number of aromatic nitrogens is 3. The van der Waals surface area contributed by atoms with Gasteiger partial charge in [-0.1, -0.05) is 18.2 Å². The quantitative estimate of drug-likeness (QED) is 0.795. The molecule has 1 atom stereocenters. The number of para-hydroxylation sites is 1. The maximum Gasteiger partial charge on any atom is 0.274 e. The molecule has 6 heteroatoms. The van der Waals surface area contributed by atoms with Crippen molar-refractivity contribution in [3.05, 3.63) is 54.0 Å². The Bertz CT molecular complexity index is 882. The first kappa shape index (κ1) is 15.9. The summed E-state index contributed by atoms with van der Waals surface area (Å²) in [5, 5.41) is 8.44. The van der Waals surface area contributed by atoms with Gasteiger partial charge in [0.05, 0.1) is 18.3 Å². The van der Waals surface area contributed by atoms with Crippen LogP contribution in [0.15, 0.2) is 42.6 Å². The fourth-order valence-electron chi connectivity index (χ4n) is 3.49. The molecular weight excluding hydrogens is 316 g/mol. The van der Waals surface area contributed by atoms with Crippen molar-refractivity contribution < 1.29 is 9.53 Å². The molecule has 1 aliphatic rings. The van der Waals surface area contributed by atoms with Gasteiger partial charge in [0.15, 0.2) is 0 Å². The van der Waals surface area contributed by atoms with Crippen molar-refractivity contribution in [3.63, 3.8) is 0 Å². The molecule has 1 amide bonds. The summed E-state index contributed by atoms with van der Waals surface area (Å²) in [5.41, 5.74) is 2.57. The Hall–Kier alpha value is -2.60. The van der Waals surface area contributed by atoms with Crippen molar-refractivity contribution in [3.8, 4) is 0 Å². The number of carbonyl (C=O) groups excluding carboxylic acids is 1.